The van der Waals surface area contributed by atoms with Gasteiger partial charge in [0.25, 0.3) is 23.6 Å². The van der Waals surface area contributed by atoms with Gasteiger partial charge in [-0.1, -0.05) is 348 Å². The number of pyridine rings is 1. The van der Waals surface area contributed by atoms with Crippen molar-refractivity contribution in [1.29, 1.82) is 0 Å². The minimum absolute atomic E-state index is 0.126. The van der Waals surface area contributed by atoms with E-state index in [2.05, 4.69) is 165 Å². The van der Waals surface area contributed by atoms with Gasteiger partial charge in [0.15, 0.2) is 5.43 Å². The summed E-state index contributed by atoms with van der Waals surface area (Å²) < 4.78 is 4.55. The summed E-state index contributed by atoms with van der Waals surface area (Å²) in [6.45, 7) is 32.0. The summed E-state index contributed by atoms with van der Waals surface area (Å²) in [4.78, 5) is 67.3. The van der Waals surface area contributed by atoms with Crippen molar-refractivity contribution in [3.63, 3.8) is 0 Å². The third-order valence-corrected chi connectivity index (χ3v) is 20.7. The summed E-state index contributed by atoms with van der Waals surface area (Å²) >= 11 is 1.86. The summed E-state index contributed by atoms with van der Waals surface area (Å²) in [5.74, 6) is -0.741. The number of fused-ring (bicyclic) bond motifs is 8. The molecule has 16 aromatic rings. The number of rotatable bonds is 10. The molecule has 3 aliphatic heterocycles. The zero-order chi connectivity index (χ0) is 83.6. The van der Waals surface area contributed by atoms with Crippen molar-refractivity contribution in [2.24, 2.45) is 0 Å². The van der Waals surface area contributed by atoms with E-state index in [1.165, 1.54) is 80.6 Å². The Morgan fingerprint density at radius 2 is 0.492 bits per heavy atom. The molecule has 4 amide bonds. The lowest BCUT2D eigenvalue weighted by molar-refractivity contribution is 0.0614. The minimum atomic E-state index is -0.193. The number of aryl methyl sites for hydroxylation is 2. The fourth-order valence-corrected chi connectivity index (χ4v) is 14.8. The van der Waals surface area contributed by atoms with Crippen molar-refractivity contribution in [3.8, 4) is 0 Å². The molecule has 14 aromatic carbocycles. The Morgan fingerprint density at radius 1 is 0.246 bits per heavy atom. The van der Waals surface area contributed by atoms with Crippen molar-refractivity contribution in [2.75, 3.05) is 24.5 Å². The van der Waals surface area contributed by atoms with Crippen molar-refractivity contribution < 1.29 is 19.2 Å². The van der Waals surface area contributed by atoms with Crippen LogP contribution in [-0.4, -0.2) is 62.2 Å². The van der Waals surface area contributed by atoms with E-state index >= 15 is 0 Å². The van der Waals surface area contributed by atoms with Gasteiger partial charge in [0.1, 0.15) is 0 Å². The average Bonchev–Trinajstić information content (AvgIpc) is 1.17. The average molecular weight is 1570 g/mol. The molecule has 0 N–H and O–H groups in total. The van der Waals surface area contributed by atoms with E-state index in [0.29, 0.717) is 35.3 Å². The number of para-hydroxylation sites is 6. The number of amides is 4. The van der Waals surface area contributed by atoms with Crippen LogP contribution in [0.25, 0.3) is 84.8 Å². The van der Waals surface area contributed by atoms with Crippen LogP contribution in [0.5, 0.6) is 0 Å². The van der Waals surface area contributed by atoms with Crippen LogP contribution < -0.4 is 10.3 Å². The zero-order valence-corrected chi connectivity index (χ0v) is 68.5. The van der Waals surface area contributed by atoms with Gasteiger partial charge in [-0.25, -0.2) is 0 Å². The number of hydrogen-bond donors (Lipinski definition) is 0. The van der Waals surface area contributed by atoms with Gasteiger partial charge in [-0.2, -0.15) is 0 Å². The highest BCUT2D eigenvalue weighted by atomic mass is 32.2. The molecule has 0 bridgehead atoms. The SMILES string of the molecule is C=Cc1ccccc1.C=Cc1ccccc1.C=Cc1ccccc1.C=Cc1ccccc1.C=Cc1ccccc1.CCN1C(=O)c2cccc3cccc(c23)C1=O.CCN1C(=O)c2ccccc2C1=O.CCN1c2ccccc2Sc2ccccc21.CCn1c2ccccc2c(=O)c2ccccc21.CCn1c2ccccc2c2ccccc21. The van der Waals surface area contributed by atoms with E-state index < -0.39 is 0 Å². The van der Waals surface area contributed by atoms with Crippen molar-refractivity contribution in [3.05, 3.63) is 451 Å². The molecule has 0 spiro atoms. The third kappa shape index (κ3) is 21.6. The van der Waals surface area contributed by atoms with Crippen molar-refractivity contribution in [2.45, 2.75) is 57.5 Å². The number of imide groups is 2. The molecule has 11 heteroatoms. The molecule has 5 heterocycles. The number of hydrogen-bond acceptors (Lipinski definition) is 7. The Hall–Kier alpha value is -14.3. The smallest absolute Gasteiger partial charge is 0.261 e. The Kier molecular flexibility index (Phi) is 32.4. The Labute approximate surface area is 698 Å². The van der Waals surface area contributed by atoms with Gasteiger partial charge in [0.2, 0.25) is 0 Å². The third-order valence-electron chi connectivity index (χ3n) is 19.6. The first kappa shape index (κ1) is 86.2. The van der Waals surface area contributed by atoms with E-state index in [1.807, 2.05) is 274 Å². The number of benzene rings is 14. The van der Waals surface area contributed by atoms with Gasteiger partial charge in [-0.3, -0.25) is 33.8 Å². The first-order valence-electron chi connectivity index (χ1n) is 39.6. The lowest BCUT2D eigenvalue weighted by Gasteiger charge is -2.31. The first-order valence-corrected chi connectivity index (χ1v) is 40.4. The molecule has 19 rings (SSSR count). The maximum Gasteiger partial charge on any atom is 0.261 e. The number of carbonyl (C=O) groups excluding carboxylic acids is 4. The molecule has 0 atom stereocenters. The van der Waals surface area contributed by atoms with Gasteiger partial charge in [0, 0.05) is 91.6 Å². The molecule has 0 fully saturated rings. The highest BCUT2D eigenvalue weighted by Crippen LogP contribution is 2.47. The van der Waals surface area contributed by atoms with Crippen LogP contribution in [0, 0.1) is 0 Å². The summed E-state index contributed by atoms with van der Waals surface area (Å²) in [5.41, 5.74) is 15.6. The Morgan fingerprint density at radius 3 is 0.780 bits per heavy atom. The fraction of sp³-hybridized carbons (Fsp3) is 0.0935. The summed E-state index contributed by atoms with van der Waals surface area (Å²) in [5, 5.41) is 6.04. The van der Waals surface area contributed by atoms with E-state index in [0.717, 1.165) is 52.2 Å². The summed E-state index contributed by atoms with van der Waals surface area (Å²) in [6, 6.07) is 118. The molecule has 10 nitrogen and oxygen atoms in total. The molecule has 0 unspecified atom stereocenters. The lowest BCUT2D eigenvalue weighted by Crippen LogP contribution is -2.39. The largest absolute Gasteiger partial charge is 0.341 e. The lowest BCUT2D eigenvalue weighted by atomic mass is 9.94. The molecule has 3 aliphatic rings. The molecule has 118 heavy (non-hydrogen) atoms. The molecule has 0 saturated carbocycles. The maximum atomic E-state index is 12.3. The van der Waals surface area contributed by atoms with Crippen LogP contribution in [-0.2, 0) is 13.1 Å². The fourth-order valence-electron chi connectivity index (χ4n) is 13.7. The monoisotopic (exact) mass is 1570 g/mol. The molecular formula is C107H99N5O5S. The molecule has 588 valence electrons. The summed E-state index contributed by atoms with van der Waals surface area (Å²) in [7, 11) is 0. The van der Waals surface area contributed by atoms with Gasteiger partial charge in [0.05, 0.1) is 33.5 Å². The van der Waals surface area contributed by atoms with Crippen LogP contribution in [0.1, 0.15) is 104 Å². The van der Waals surface area contributed by atoms with E-state index in [9.17, 15) is 24.0 Å². The number of nitrogens with zero attached hydrogens (tertiary/aromatic N) is 5. The topological polar surface area (TPSA) is 105 Å². The maximum absolute atomic E-state index is 12.3. The van der Waals surface area contributed by atoms with Crippen LogP contribution in [0.3, 0.4) is 0 Å². The number of aromatic nitrogens is 2. The second-order valence-corrected chi connectivity index (χ2v) is 27.8. The van der Waals surface area contributed by atoms with Crippen molar-refractivity contribution >= 4 is 132 Å². The van der Waals surface area contributed by atoms with Crippen LogP contribution in [0.2, 0.25) is 0 Å². The van der Waals surface area contributed by atoms with Gasteiger partial charge < -0.3 is 14.0 Å². The Balaban J connectivity index is 0.000000140. The second-order valence-electron chi connectivity index (χ2n) is 26.7. The van der Waals surface area contributed by atoms with Gasteiger partial charge in [-0.15, -0.1) is 0 Å². The molecule has 2 aromatic heterocycles. The first-order chi connectivity index (χ1) is 57.8. The number of anilines is 2. The summed E-state index contributed by atoms with van der Waals surface area (Å²) in [6.07, 6.45) is 9.17. The highest BCUT2D eigenvalue weighted by Gasteiger charge is 2.34. The standard InChI is InChI=1S/C15H13NO.C14H11NO2.C14H13NS.C14H13N.C10H9NO2.5C8H8/c1-2-16-13-9-5-3-7-11(13)15(17)12-8-4-6-10-14(12)16;1-2-15-13(16)10-7-3-5-9-6-4-8-11(12(9)10)14(15)17;1-2-15-11-7-3-5-9-13(11)16-14-10-6-4-8-12(14)15;1-2-15-13-9-5-3-7-11(13)12-8-4-6-10-14(12)15;1-2-11-9(12)7-5-3-4-6-8(7)10(11)13;5*1-2-8-6-4-3-5-7-8/h3-10H,2H2,1H3;3-8H,2H2,1H3;3-10H,2H2,1H3;3-10H,2H2,1H3;3-6H,2H2,1H3;5*2-7H,1H2. The van der Waals surface area contributed by atoms with Gasteiger partial charge >= 0.3 is 0 Å². The van der Waals surface area contributed by atoms with E-state index in [-0.39, 0.29) is 29.1 Å². The highest BCUT2D eigenvalue weighted by molar-refractivity contribution is 7.99. The number of carbonyl (C=O) groups is 4. The molecule has 0 radical (unpaired) electrons. The molecular weight excluding hydrogens is 1470 g/mol. The van der Waals surface area contributed by atoms with E-state index in [1.54, 1.807) is 43.3 Å². The predicted octanol–water partition coefficient (Wildman–Crippen LogP) is 26.7. The predicted molar refractivity (Wildman–Crippen MR) is 501 cm³/mol. The van der Waals surface area contributed by atoms with Crippen molar-refractivity contribution in [1.82, 2.24) is 18.9 Å². The van der Waals surface area contributed by atoms with Crippen LogP contribution in [0.15, 0.2) is 405 Å². The van der Waals surface area contributed by atoms with Crippen LogP contribution >= 0.6 is 11.8 Å². The van der Waals surface area contributed by atoms with Crippen LogP contribution in [0.4, 0.5) is 11.4 Å². The Bertz CT molecular complexity index is 5640. The minimum Gasteiger partial charge on any atom is -0.341 e. The normalized spacial score (nSPS) is 11.4. The molecule has 0 saturated heterocycles. The van der Waals surface area contributed by atoms with E-state index in [4.69, 9.17) is 0 Å². The quantitative estimate of drug-likeness (QED) is 0.0992. The second kappa shape index (κ2) is 44.4. The molecule has 0 aliphatic carbocycles. The van der Waals surface area contributed by atoms with Gasteiger partial charge in [-0.05, 0) is 153 Å². The zero-order valence-electron chi connectivity index (χ0n) is 67.7.